The number of imidazole rings is 1. The van der Waals surface area contributed by atoms with Crippen molar-refractivity contribution in [3.8, 4) is 0 Å². The van der Waals surface area contributed by atoms with Gasteiger partial charge in [0.1, 0.15) is 11.3 Å². The second-order valence-electron chi connectivity index (χ2n) is 6.56. The molecule has 0 bridgehead atoms. The van der Waals surface area contributed by atoms with Crippen molar-refractivity contribution in [2.45, 2.75) is 31.8 Å². The lowest BCUT2D eigenvalue weighted by atomic mass is 10.0. The maximum Gasteiger partial charge on any atom is 0.256 e. The van der Waals surface area contributed by atoms with Crippen molar-refractivity contribution in [3.05, 3.63) is 59.8 Å². The van der Waals surface area contributed by atoms with Crippen LogP contribution in [0.5, 0.6) is 0 Å². The Morgan fingerprint density at radius 3 is 2.80 bits per heavy atom. The molecule has 2 aromatic heterocycles. The number of aromatic nitrogens is 3. The average Bonchev–Trinajstić information content (AvgIpc) is 3.38. The predicted molar refractivity (Wildman–Crippen MR) is 92.5 cm³/mol. The van der Waals surface area contributed by atoms with Crippen molar-refractivity contribution in [2.75, 3.05) is 0 Å². The second kappa shape index (κ2) is 5.95. The monoisotopic (exact) mass is 338 g/mol. The Kier molecular flexibility index (Phi) is 3.75. The summed E-state index contributed by atoms with van der Waals surface area (Å²) in [5.41, 5.74) is 2.44. The predicted octanol–water partition coefficient (Wildman–Crippen LogP) is 3.47. The Morgan fingerprint density at radius 2 is 2.08 bits per heavy atom. The van der Waals surface area contributed by atoms with Gasteiger partial charge in [-0.25, -0.2) is 14.4 Å². The first-order chi connectivity index (χ1) is 12.1. The molecule has 1 aromatic carbocycles. The third-order valence-corrected chi connectivity index (χ3v) is 4.75. The van der Waals surface area contributed by atoms with Gasteiger partial charge in [-0.3, -0.25) is 4.79 Å². The summed E-state index contributed by atoms with van der Waals surface area (Å²) >= 11 is 0. The molecule has 3 aromatic rings. The largest absolute Gasteiger partial charge is 0.329 e. The number of rotatable bonds is 4. The first kappa shape index (κ1) is 15.7. The van der Waals surface area contributed by atoms with Crippen LogP contribution in [-0.2, 0) is 7.05 Å². The Hall–Kier alpha value is -2.76. The van der Waals surface area contributed by atoms with E-state index in [4.69, 9.17) is 0 Å². The van der Waals surface area contributed by atoms with Crippen LogP contribution in [-0.4, -0.2) is 31.4 Å². The normalized spacial score (nSPS) is 15.3. The molecule has 1 aliphatic carbocycles. The van der Waals surface area contributed by atoms with Gasteiger partial charge in [0.25, 0.3) is 5.91 Å². The van der Waals surface area contributed by atoms with E-state index >= 15 is 0 Å². The van der Waals surface area contributed by atoms with Crippen LogP contribution in [0.2, 0.25) is 0 Å². The van der Waals surface area contributed by atoms with Gasteiger partial charge in [0.05, 0.1) is 17.9 Å². The van der Waals surface area contributed by atoms with Gasteiger partial charge in [-0.05, 0) is 31.9 Å². The lowest BCUT2D eigenvalue weighted by molar-refractivity contribution is 0.0671. The van der Waals surface area contributed by atoms with Gasteiger partial charge in [0.15, 0.2) is 5.65 Å². The molecule has 25 heavy (non-hydrogen) atoms. The zero-order valence-corrected chi connectivity index (χ0v) is 14.2. The maximum atomic E-state index is 14.2. The van der Waals surface area contributed by atoms with Crippen LogP contribution in [0.4, 0.5) is 4.39 Å². The summed E-state index contributed by atoms with van der Waals surface area (Å²) in [6.45, 7) is 1.88. The Bertz CT molecular complexity index is 948. The highest BCUT2D eigenvalue weighted by molar-refractivity contribution is 5.97. The topological polar surface area (TPSA) is 51.0 Å². The van der Waals surface area contributed by atoms with Gasteiger partial charge in [-0.1, -0.05) is 18.2 Å². The summed E-state index contributed by atoms with van der Waals surface area (Å²) in [6, 6.07) is 8.21. The molecule has 2 heterocycles. The lowest BCUT2D eigenvalue weighted by Gasteiger charge is -2.30. The fourth-order valence-corrected chi connectivity index (χ4v) is 3.26. The molecule has 0 N–H and O–H groups in total. The van der Waals surface area contributed by atoms with Crippen molar-refractivity contribution >= 4 is 17.1 Å². The highest BCUT2D eigenvalue weighted by atomic mass is 19.1. The van der Waals surface area contributed by atoms with Gasteiger partial charge in [-0.2, -0.15) is 0 Å². The number of hydrogen-bond acceptors (Lipinski definition) is 3. The fourth-order valence-electron chi connectivity index (χ4n) is 3.26. The molecular formula is C19H19FN4O. The minimum absolute atomic E-state index is 0.127. The number of fused-ring (bicyclic) bond motifs is 1. The number of carbonyl (C=O) groups is 1. The smallest absolute Gasteiger partial charge is 0.256 e. The summed E-state index contributed by atoms with van der Waals surface area (Å²) in [4.78, 5) is 23.5. The molecule has 1 aliphatic rings. The van der Waals surface area contributed by atoms with Crippen molar-refractivity contribution in [3.63, 3.8) is 0 Å². The van der Waals surface area contributed by atoms with E-state index in [2.05, 4.69) is 9.97 Å². The SMILES string of the molecule is CC(c1ccccc1F)N(C(=O)c1cnc2c(c1)ncn2C)C1CC1. The molecule has 1 atom stereocenters. The number of hydrogen-bond donors (Lipinski definition) is 0. The van der Waals surface area contributed by atoms with E-state index in [0.29, 0.717) is 16.6 Å². The van der Waals surface area contributed by atoms with Crippen LogP contribution in [0.1, 0.15) is 41.7 Å². The van der Waals surface area contributed by atoms with Crippen LogP contribution in [0.3, 0.4) is 0 Å². The third-order valence-electron chi connectivity index (χ3n) is 4.75. The summed E-state index contributed by atoms with van der Waals surface area (Å²) in [6.07, 6.45) is 5.15. The van der Waals surface area contributed by atoms with Crippen molar-refractivity contribution < 1.29 is 9.18 Å². The van der Waals surface area contributed by atoms with Gasteiger partial charge in [0.2, 0.25) is 0 Å². The number of benzene rings is 1. The van der Waals surface area contributed by atoms with E-state index in [0.717, 1.165) is 18.5 Å². The number of amides is 1. The molecular weight excluding hydrogens is 319 g/mol. The van der Waals surface area contributed by atoms with Crippen LogP contribution in [0, 0.1) is 5.82 Å². The van der Waals surface area contributed by atoms with Gasteiger partial charge >= 0.3 is 0 Å². The number of halogens is 1. The van der Waals surface area contributed by atoms with Crippen molar-refractivity contribution in [2.24, 2.45) is 7.05 Å². The summed E-state index contributed by atoms with van der Waals surface area (Å²) in [5, 5.41) is 0. The molecule has 0 aliphatic heterocycles. The molecule has 1 fully saturated rings. The van der Waals surface area contributed by atoms with Gasteiger partial charge in [0, 0.05) is 24.8 Å². The van der Waals surface area contributed by atoms with Crippen molar-refractivity contribution in [1.82, 2.24) is 19.4 Å². The molecule has 1 unspecified atom stereocenters. The molecule has 4 rings (SSSR count). The van der Waals surface area contributed by atoms with E-state index in [1.165, 1.54) is 6.07 Å². The average molecular weight is 338 g/mol. The Morgan fingerprint density at radius 1 is 1.32 bits per heavy atom. The second-order valence-corrected chi connectivity index (χ2v) is 6.56. The summed E-state index contributed by atoms with van der Waals surface area (Å²) in [7, 11) is 1.86. The molecule has 0 spiro atoms. The molecule has 1 saturated carbocycles. The highest BCUT2D eigenvalue weighted by Crippen LogP contribution is 2.36. The minimum atomic E-state index is -0.333. The van der Waals surface area contributed by atoms with E-state index in [9.17, 15) is 9.18 Å². The number of pyridine rings is 1. The van der Waals surface area contributed by atoms with Crippen LogP contribution >= 0.6 is 0 Å². The molecule has 128 valence electrons. The first-order valence-electron chi connectivity index (χ1n) is 8.40. The van der Waals surface area contributed by atoms with Crippen LogP contribution < -0.4 is 0 Å². The fraction of sp³-hybridized carbons (Fsp3) is 0.316. The highest BCUT2D eigenvalue weighted by Gasteiger charge is 2.37. The molecule has 0 radical (unpaired) electrons. The van der Waals surface area contributed by atoms with Gasteiger partial charge in [-0.15, -0.1) is 0 Å². The molecule has 6 heteroatoms. The summed E-state index contributed by atoms with van der Waals surface area (Å²) in [5.74, 6) is -0.412. The maximum absolute atomic E-state index is 14.2. The van der Waals surface area contributed by atoms with E-state index < -0.39 is 0 Å². The molecule has 1 amide bonds. The van der Waals surface area contributed by atoms with Crippen LogP contribution in [0.15, 0.2) is 42.9 Å². The first-order valence-corrected chi connectivity index (χ1v) is 8.40. The minimum Gasteiger partial charge on any atom is -0.329 e. The Balaban J connectivity index is 1.70. The Labute approximate surface area is 145 Å². The number of carbonyl (C=O) groups excluding carboxylic acids is 1. The molecule has 5 nitrogen and oxygen atoms in total. The standard InChI is InChI=1S/C19H19FN4O/c1-12(15-5-3-4-6-16(15)20)24(14-7-8-14)19(25)13-9-17-18(21-10-13)23(2)11-22-17/h3-6,9-12,14H,7-8H2,1-2H3. The van der Waals surface area contributed by atoms with E-state index in [-0.39, 0.29) is 23.8 Å². The third kappa shape index (κ3) is 2.77. The lowest BCUT2D eigenvalue weighted by Crippen LogP contribution is -2.36. The molecule has 0 saturated heterocycles. The number of nitrogens with zero attached hydrogens (tertiary/aromatic N) is 4. The van der Waals surface area contributed by atoms with Crippen molar-refractivity contribution in [1.29, 1.82) is 0 Å². The van der Waals surface area contributed by atoms with Crippen LogP contribution in [0.25, 0.3) is 11.2 Å². The summed E-state index contributed by atoms with van der Waals surface area (Å²) < 4.78 is 16.0. The number of aryl methyl sites for hydroxylation is 1. The van der Waals surface area contributed by atoms with Gasteiger partial charge < -0.3 is 9.47 Å². The quantitative estimate of drug-likeness (QED) is 0.732. The zero-order chi connectivity index (χ0) is 17.6. The van der Waals surface area contributed by atoms with E-state index in [1.54, 1.807) is 41.7 Å². The zero-order valence-electron chi connectivity index (χ0n) is 14.2. The van der Waals surface area contributed by atoms with E-state index in [1.807, 2.05) is 18.5 Å².